The van der Waals surface area contributed by atoms with Crippen molar-refractivity contribution in [2.45, 2.75) is 26.7 Å². The molecule has 0 aliphatic rings. The summed E-state index contributed by atoms with van der Waals surface area (Å²) < 4.78 is 13.1. The maximum Gasteiger partial charge on any atom is 0.333 e. The van der Waals surface area contributed by atoms with Crippen LogP contribution in [0.4, 0.5) is 5.82 Å². The van der Waals surface area contributed by atoms with Gasteiger partial charge in [0.25, 0.3) is 0 Å². The third-order valence-corrected chi connectivity index (χ3v) is 4.77. The van der Waals surface area contributed by atoms with Crippen LogP contribution in [-0.4, -0.2) is 28.7 Å². The number of hydrogen-bond acceptors (Lipinski definition) is 5. The van der Waals surface area contributed by atoms with E-state index in [2.05, 4.69) is 15.0 Å². The molecule has 0 aliphatic carbocycles. The van der Waals surface area contributed by atoms with Crippen LogP contribution in [0, 0.1) is 6.92 Å². The second kappa shape index (κ2) is 6.81. The molecule has 0 spiro atoms. The first-order valence-corrected chi connectivity index (χ1v) is 8.79. The van der Waals surface area contributed by atoms with Crippen LogP contribution in [0.3, 0.4) is 0 Å². The molecule has 0 unspecified atom stereocenters. The molecule has 25 heavy (non-hydrogen) atoms. The summed E-state index contributed by atoms with van der Waals surface area (Å²) >= 11 is 6.26. The largest absolute Gasteiger partial charge is 0.382 e. The van der Waals surface area contributed by atoms with Crippen molar-refractivity contribution in [3.05, 3.63) is 50.7 Å². The van der Waals surface area contributed by atoms with Gasteiger partial charge in [0.1, 0.15) is 22.6 Å². The standard InChI is InChI=1S/C16H16ClN5O2S/c1-3-4-11-19-13(18)12-14(20-11)22(16(23)21-12)15(25-24)9-5-6-10(17)8(2)7-9/h5-7H,3-4H2,1-2H3,(H,21,23)(H2,18,19,20). The molecule has 0 aliphatic heterocycles. The molecular formula is C16H16ClN5O2S. The molecule has 0 amide bonds. The predicted molar refractivity (Wildman–Crippen MR) is 100 cm³/mol. The van der Waals surface area contributed by atoms with Gasteiger partial charge < -0.3 is 10.7 Å². The maximum atomic E-state index is 12.5. The van der Waals surface area contributed by atoms with Gasteiger partial charge in [-0.1, -0.05) is 24.6 Å². The van der Waals surface area contributed by atoms with Gasteiger partial charge in [-0.25, -0.2) is 23.5 Å². The summed E-state index contributed by atoms with van der Waals surface area (Å²) in [6.45, 7) is 3.83. The number of anilines is 1. The summed E-state index contributed by atoms with van der Waals surface area (Å²) in [6, 6.07) is 5.14. The van der Waals surface area contributed by atoms with Crippen molar-refractivity contribution in [1.82, 2.24) is 19.5 Å². The molecule has 3 aromatic rings. The highest BCUT2D eigenvalue weighted by atomic mass is 35.5. The Labute approximate surface area is 151 Å². The molecule has 0 saturated carbocycles. The Morgan fingerprint density at radius 3 is 2.80 bits per heavy atom. The van der Waals surface area contributed by atoms with E-state index in [1.54, 1.807) is 18.2 Å². The summed E-state index contributed by atoms with van der Waals surface area (Å²) in [4.78, 5) is 23.9. The SMILES string of the molecule is CCCc1nc(N)c2[nH]c(=O)n(C(=S=O)c3ccc(Cl)c(C)c3)c2n1. The average molecular weight is 378 g/mol. The molecule has 7 nitrogen and oxygen atoms in total. The molecule has 0 fully saturated rings. The lowest BCUT2D eigenvalue weighted by Gasteiger charge is -2.08. The van der Waals surface area contributed by atoms with E-state index in [9.17, 15) is 9.00 Å². The lowest BCUT2D eigenvalue weighted by atomic mass is 10.1. The van der Waals surface area contributed by atoms with Crippen LogP contribution in [0.25, 0.3) is 11.2 Å². The van der Waals surface area contributed by atoms with Crippen LogP contribution >= 0.6 is 11.6 Å². The maximum absolute atomic E-state index is 12.5. The summed E-state index contributed by atoms with van der Waals surface area (Å²) in [7, 11) is 0. The fourth-order valence-electron chi connectivity index (χ4n) is 2.57. The van der Waals surface area contributed by atoms with Crippen LogP contribution in [0.15, 0.2) is 23.0 Å². The lowest BCUT2D eigenvalue weighted by Crippen LogP contribution is -2.26. The first-order chi connectivity index (χ1) is 12.0. The zero-order valence-corrected chi connectivity index (χ0v) is 15.2. The highest BCUT2D eigenvalue weighted by molar-refractivity contribution is 7.67. The number of nitrogen functional groups attached to an aromatic ring is 1. The van der Waals surface area contributed by atoms with Crippen molar-refractivity contribution in [3.8, 4) is 0 Å². The Hall–Kier alpha value is -2.45. The molecule has 9 heteroatoms. The van der Waals surface area contributed by atoms with Crippen LogP contribution in [0.5, 0.6) is 0 Å². The van der Waals surface area contributed by atoms with Crippen molar-refractivity contribution >= 4 is 44.8 Å². The van der Waals surface area contributed by atoms with Crippen molar-refractivity contribution in [1.29, 1.82) is 0 Å². The Morgan fingerprint density at radius 2 is 2.16 bits per heavy atom. The molecule has 2 aromatic heterocycles. The number of rotatable bonds is 3. The molecule has 0 radical (unpaired) electrons. The first kappa shape index (κ1) is 17.4. The van der Waals surface area contributed by atoms with E-state index in [-0.39, 0.29) is 22.1 Å². The van der Waals surface area contributed by atoms with Gasteiger partial charge in [0.05, 0.1) is 0 Å². The molecule has 3 N–H and O–H groups in total. The number of benzene rings is 1. The van der Waals surface area contributed by atoms with Gasteiger partial charge in [-0.2, -0.15) is 0 Å². The summed E-state index contributed by atoms with van der Waals surface area (Å²) in [5.74, 6) is 0.717. The number of aryl methyl sites for hydroxylation is 2. The van der Waals surface area contributed by atoms with Crippen molar-refractivity contribution in [3.63, 3.8) is 0 Å². The van der Waals surface area contributed by atoms with Crippen LogP contribution < -0.4 is 11.4 Å². The minimum atomic E-state index is -0.490. The molecule has 3 rings (SSSR count). The quantitative estimate of drug-likeness (QED) is 0.677. The number of hydrogen-bond donors (Lipinski definition) is 2. The van der Waals surface area contributed by atoms with E-state index in [1.165, 1.54) is 4.57 Å². The summed E-state index contributed by atoms with van der Waals surface area (Å²) in [5.41, 5.74) is 7.46. The van der Waals surface area contributed by atoms with E-state index in [4.69, 9.17) is 17.3 Å². The van der Waals surface area contributed by atoms with E-state index in [0.717, 1.165) is 12.0 Å². The van der Waals surface area contributed by atoms with Crippen LogP contribution in [0.2, 0.25) is 5.02 Å². The Balaban J connectivity index is 2.29. The molecule has 130 valence electrons. The van der Waals surface area contributed by atoms with Gasteiger partial charge in [-0.3, -0.25) is 0 Å². The Kier molecular flexibility index (Phi) is 4.73. The number of nitrogens with zero attached hydrogens (tertiary/aromatic N) is 3. The highest BCUT2D eigenvalue weighted by Gasteiger charge is 2.19. The molecule has 0 atom stereocenters. The van der Waals surface area contributed by atoms with Crippen molar-refractivity contribution in [2.75, 3.05) is 5.73 Å². The smallest absolute Gasteiger partial charge is 0.333 e. The number of fused-ring (bicyclic) bond motifs is 1. The van der Waals surface area contributed by atoms with E-state index in [1.807, 2.05) is 13.8 Å². The fourth-order valence-corrected chi connectivity index (χ4v) is 3.15. The van der Waals surface area contributed by atoms with Gasteiger partial charge >= 0.3 is 5.69 Å². The van der Waals surface area contributed by atoms with Crippen molar-refractivity contribution < 1.29 is 4.21 Å². The third kappa shape index (κ3) is 3.10. The molecule has 1 aromatic carbocycles. The topological polar surface area (TPSA) is 107 Å². The van der Waals surface area contributed by atoms with Crippen LogP contribution in [-0.2, 0) is 17.7 Å². The van der Waals surface area contributed by atoms with Gasteiger partial charge in [-0.15, -0.1) is 0 Å². The fraction of sp³-hybridized carbons (Fsp3) is 0.250. The lowest BCUT2D eigenvalue weighted by molar-refractivity contribution is 0.700. The summed E-state index contributed by atoms with van der Waals surface area (Å²) in [6.07, 6.45) is 1.46. The molecular weight excluding hydrogens is 362 g/mol. The zero-order chi connectivity index (χ0) is 18.1. The number of aromatic amines is 1. The molecule has 0 bridgehead atoms. The van der Waals surface area contributed by atoms with Gasteiger partial charge in [0.15, 0.2) is 16.5 Å². The molecule has 0 saturated heterocycles. The number of nitrogens with one attached hydrogen (secondary N) is 1. The second-order valence-electron chi connectivity index (χ2n) is 5.59. The average Bonchev–Trinajstić information content (AvgIpc) is 2.89. The Morgan fingerprint density at radius 1 is 1.40 bits per heavy atom. The van der Waals surface area contributed by atoms with E-state index in [0.29, 0.717) is 34.0 Å². The number of H-pyrrole nitrogens is 1. The number of nitrogens with two attached hydrogens (primary N) is 1. The second-order valence-corrected chi connectivity index (χ2v) is 6.55. The first-order valence-electron chi connectivity index (χ1n) is 7.67. The number of imidazole rings is 1. The normalized spacial score (nSPS) is 11.0. The van der Waals surface area contributed by atoms with Gasteiger partial charge in [0, 0.05) is 17.0 Å². The van der Waals surface area contributed by atoms with Gasteiger partial charge in [-0.05, 0) is 31.0 Å². The number of halogens is 1. The van der Waals surface area contributed by atoms with Crippen LogP contribution in [0.1, 0.15) is 30.3 Å². The number of aromatic nitrogens is 4. The predicted octanol–water partition coefficient (Wildman–Crippen LogP) is 1.86. The minimum absolute atomic E-state index is 0.187. The van der Waals surface area contributed by atoms with Crippen molar-refractivity contribution in [2.24, 2.45) is 0 Å². The minimum Gasteiger partial charge on any atom is -0.382 e. The van der Waals surface area contributed by atoms with Gasteiger partial charge in [0.2, 0.25) is 0 Å². The third-order valence-electron chi connectivity index (χ3n) is 3.77. The molecule has 2 heterocycles. The monoisotopic (exact) mass is 377 g/mol. The zero-order valence-electron chi connectivity index (χ0n) is 13.7. The summed E-state index contributed by atoms with van der Waals surface area (Å²) in [5, 5.41) is 0.585. The van der Waals surface area contributed by atoms with E-state index >= 15 is 0 Å². The highest BCUT2D eigenvalue weighted by Crippen LogP contribution is 2.19. The van der Waals surface area contributed by atoms with E-state index < -0.39 is 5.69 Å². The Bertz CT molecular complexity index is 1080.